The molecular formula is C26H29N3O4. The Labute approximate surface area is 192 Å². The van der Waals surface area contributed by atoms with Crippen molar-refractivity contribution >= 4 is 17.9 Å². The Morgan fingerprint density at radius 2 is 1.85 bits per heavy atom. The molecule has 2 aromatic rings. The molecule has 0 radical (unpaired) electrons. The Morgan fingerprint density at radius 1 is 1.15 bits per heavy atom. The van der Waals surface area contributed by atoms with Crippen LogP contribution in [0.5, 0.6) is 0 Å². The molecule has 0 spiro atoms. The van der Waals surface area contributed by atoms with E-state index in [1.54, 1.807) is 21.6 Å². The molecule has 1 saturated heterocycles. The summed E-state index contributed by atoms with van der Waals surface area (Å²) in [6.07, 6.45) is 5.12. The van der Waals surface area contributed by atoms with Crippen molar-refractivity contribution < 1.29 is 14.7 Å². The van der Waals surface area contributed by atoms with Gasteiger partial charge in [-0.3, -0.25) is 14.4 Å². The van der Waals surface area contributed by atoms with Crippen molar-refractivity contribution in [3.05, 3.63) is 75.2 Å². The van der Waals surface area contributed by atoms with Crippen molar-refractivity contribution in [3.8, 4) is 0 Å². The van der Waals surface area contributed by atoms with Gasteiger partial charge >= 0.3 is 0 Å². The number of aliphatic hydroxyl groups is 1. The van der Waals surface area contributed by atoms with E-state index in [1.165, 1.54) is 18.1 Å². The molecule has 0 unspecified atom stereocenters. The number of hydrogen-bond acceptors (Lipinski definition) is 4. The van der Waals surface area contributed by atoms with E-state index in [0.717, 1.165) is 12.8 Å². The second kappa shape index (κ2) is 8.30. The molecule has 1 aliphatic carbocycles. The lowest BCUT2D eigenvalue weighted by atomic mass is 9.86. The third-order valence-corrected chi connectivity index (χ3v) is 7.48. The van der Waals surface area contributed by atoms with E-state index in [9.17, 15) is 19.5 Å². The van der Waals surface area contributed by atoms with Crippen molar-refractivity contribution in [1.29, 1.82) is 0 Å². The summed E-state index contributed by atoms with van der Waals surface area (Å²) < 4.78 is 1.69. The number of carbonyl (C=O) groups excluding carboxylic acids is 2. The zero-order valence-corrected chi connectivity index (χ0v) is 18.9. The zero-order valence-electron chi connectivity index (χ0n) is 18.9. The maximum atomic E-state index is 13.6. The van der Waals surface area contributed by atoms with Gasteiger partial charge in [-0.1, -0.05) is 36.4 Å². The van der Waals surface area contributed by atoms with Gasteiger partial charge < -0.3 is 19.9 Å². The van der Waals surface area contributed by atoms with E-state index in [-0.39, 0.29) is 36.6 Å². The van der Waals surface area contributed by atoms with E-state index in [1.807, 2.05) is 31.2 Å². The van der Waals surface area contributed by atoms with Gasteiger partial charge in [0.2, 0.25) is 11.8 Å². The molecule has 7 nitrogen and oxygen atoms in total. The first kappa shape index (κ1) is 21.6. The normalized spacial score (nSPS) is 25.8. The van der Waals surface area contributed by atoms with Crippen LogP contribution >= 0.6 is 0 Å². The first-order chi connectivity index (χ1) is 15.9. The number of allylic oxidation sites excluding steroid dienone is 1. The molecule has 2 amide bonds. The second-order valence-corrected chi connectivity index (χ2v) is 9.32. The van der Waals surface area contributed by atoms with Crippen LogP contribution in [0.15, 0.2) is 47.3 Å². The van der Waals surface area contributed by atoms with Gasteiger partial charge in [0.15, 0.2) is 0 Å². The average Bonchev–Trinajstić information content (AvgIpc) is 3.31. The fourth-order valence-electron chi connectivity index (χ4n) is 6.12. The molecule has 1 fully saturated rings. The highest BCUT2D eigenvalue weighted by molar-refractivity contribution is 5.84. The van der Waals surface area contributed by atoms with Gasteiger partial charge in [0.25, 0.3) is 5.56 Å². The average molecular weight is 448 g/mol. The molecule has 1 aromatic carbocycles. The van der Waals surface area contributed by atoms with Gasteiger partial charge in [0.05, 0.1) is 18.0 Å². The third-order valence-electron chi connectivity index (χ3n) is 7.48. The maximum Gasteiger partial charge on any atom is 0.258 e. The Bertz CT molecular complexity index is 1180. The second-order valence-electron chi connectivity index (χ2n) is 9.32. The summed E-state index contributed by atoms with van der Waals surface area (Å²) >= 11 is 0. The molecule has 4 atom stereocenters. The van der Waals surface area contributed by atoms with Crippen LogP contribution in [-0.4, -0.2) is 45.1 Å². The smallest absolute Gasteiger partial charge is 0.258 e. The van der Waals surface area contributed by atoms with Crippen LogP contribution in [0.3, 0.4) is 0 Å². The van der Waals surface area contributed by atoms with Crippen molar-refractivity contribution in [2.75, 3.05) is 6.61 Å². The van der Waals surface area contributed by atoms with E-state index in [4.69, 9.17) is 0 Å². The number of aliphatic hydroxyl groups excluding tert-OH is 1. The highest BCUT2D eigenvalue weighted by atomic mass is 16.3. The Morgan fingerprint density at radius 3 is 2.45 bits per heavy atom. The molecule has 2 aliphatic heterocycles. The largest absolute Gasteiger partial charge is 0.396 e. The first-order valence-corrected chi connectivity index (χ1v) is 11.6. The standard InChI is InChI=1S/C26H29N3O4/c1-3-6-16-9-10-21-24-23(25(32)27-19-11-17-7-4-5-8-18(17)12-19)20(14-30)22(29(24)15(2)31)13-28(21)26(16)33/h3-10,19-20,22-24,30H,11-14H2,1-2H3,(H,27,32)/b6-3-/t20-,22-,23+,24+/m0/s1. The summed E-state index contributed by atoms with van der Waals surface area (Å²) in [7, 11) is 0. The fraction of sp³-hybridized carbons (Fsp3) is 0.423. The highest BCUT2D eigenvalue weighted by Crippen LogP contribution is 2.48. The lowest BCUT2D eigenvalue weighted by Gasteiger charge is -2.37. The van der Waals surface area contributed by atoms with E-state index < -0.39 is 23.9 Å². The van der Waals surface area contributed by atoms with Gasteiger partial charge in [0.1, 0.15) is 0 Å². The van der Waals surface area contributed by atoms with Crippen molar-refractivity contribution in [2.45, 2.75) is 51.4 Å². The summed E-state index contributed by atoms with van der Waals surface area (Å²) in [6.45, 7) is 3.40. The predicted molar refractivity (Wildman–Crippen MR) is 124 cm³/mol. The number of hydrogen-bond donors (Lipinski definition) is 2. The number of fused-ring (bicyclic) bond motifs is 5. The SMILES string of the molecule is C/C=C\c1ccc2n(c1=O)C[C@H]1[C@H](CO)[C@@H](C(=O)NC3Cc4ccccc4C3)[C@@H]2N1C(C)=O. The molecule has 2 N–H and O–H groups in total. The maximum absolute atomic E-state index is 13.6. The minimum absolute atomic E-state index is 0.0141. The fourth-order valence-corrected chi connectivity index (χ4v) is 6.12. The third kappa shape index (κ3) is 3.42. The number of benzene rings is 1. The number of carbonyl (C=O) groups is 2. The van der Waals surface area contributed by atoms with Crippen molar-refractivity contribution in [1.82, 2.24) is 14.8 Å². The number of pyridine rings is 1. The molecule has 7 heteroatoms. The predicted octanol–water partition coefficient (Wildman–Crippen LogP) is 1.68. The molecule has 3 heterocycles. The lowest BCUT2D eigenvalue weighted by molar-refractivity contribution is -0.134. The van der Waals surface area contributed by atoms with Crippen molar-refractivity contribution in [2.24, 2.45) is 11.8 Å². The van der Waals surface area contributed by atoms with E-state index >= 15 is 0 Å². The van der Waals surface area contributed by atoms with Crippen LogP contribution < -0.4 is 10.9 Å². The number of aromatic nitrogens is 1. The summed E-state index contributed by atoms with van der Waals surface area (Å²) in [5.41, 5.74) is 3.58. The molecule has 2 bridgehead atoms. The number of amides is 2. The molecule has 172 valence electrons. The summed E-state index contributed by atoms with van der Waals surface area (Å²) in [5.74, 6) is -1.37. The van der Waals surface area contributed by atoms with Gasteiger partial charge in [-0.05, 0) is 43.0 Å². The zero-order chi connectivity index (χ0) is 23.3. The Hall–Kier alpha value is -3.19. The minimum Gasteiger partial charge on any atom is -0.396 e. The van der Waals surface area contributed by atoms with Crippen molar-refractivity contribution in [3.63, 3.8) is 0 Å². The van der Waals surface area contributed by atoms with Crippen LogP contribution in [0.2, 0.25) is 0 Å². The first-order valence-electron chi connectivity index (χ1n) is 11.6. The van der Waals surface area contributed by atoms with Gasteiger partial charge in [-0.2, -0.15) is 0 Å². The topological polar surface area (TPSA) is 91.6 Å². The van der Waals surface area contributed by atoms with Crippen LogP contribution in [-0.2, 0) is 29.0 Å². The quantitative estimate of drug-likeness (QED) is 0.746. The molecule has 3 aliphatic rings. The monoisotopic (exact) mass is 447 g/mol. The Kier molecular flexibility index (Phi) is 5.44. The number of nitrogens with one attached hydrogen (secondary N) is 1. The Balaban J connectivity index is 1.51. The van der Waals surface area contributed by atoms with Gasteiger partial charge in [0, 0.05) is 43.3 Å². The summed E-state index contributed by atoms with van der Waals surface area (Å²) in [4.78, 5) is 41.1. The molecule has 5 rings (SSSR count). The van der Waals surface area contributed by atoms with Crippen LogP contribution in [0, 0.1) is 11.8 Å². The van der Waals surface area contributed by atoms with Crippen LogP contribution in [0.1, 0.15) is 42.3 Å². The van der Waals surface area contributed by atoms with Crippen LogP contribution in [0.4, 0.5) is 0 Å². The number of nitrogens with zero attached hydrogens (tertiary/aromatic N) is 2. The van der Waals surface area contributed by atoms with Gasteiger partial charge in [-0.15, -0.1) is 0 Å². The molecule has 0 saturated carbocycles. The molecular weight excluding hydrogens is 418 g/mol. The number of rotatable bonds is 4. The highest BCUT2D eigenvalue weighted by Gasteiger charge is 2.57. The molecule has 33 heavy (non-hydrogen) atoms. The van der Waals surface area contributed by atoms with E-state index in [0.29, 0.717) is 11.3 Å². The van der Waals surface area contributed by atoms with Gasteiger partial charge in [-0.25, -0.2) is 0 Å². The summed E-state index contributed by atoms with van der Waals surface area (Å²) in [6, 6.07) is 10.8. The molecule has 1 aromatic heterocycles. The van der Waals surface area contributed by atoms with E-state index in [2.05, 4.69) is 17.4 Å². The lowest BCUT2D eigenvalue weighted by Crippen LogP contribution is -2.48. The summed E-state index contributed by atoms with van der Waals surface area (Å²) in [5, 5.41) is 13.5. The minimum atomic E-state index is -0.617. The van der Waals surface area contributed by atoms with Crippen LogP contribution in [0.25, 0.3) is 6.08 Å².